The van der Waals surface area contributed by atoms with Crippen molar-refractivity contribution in [1.82, 2.24) is 4.98 Å². The van der Waals surface area contributed by atoms with E-state index in [9.17, 15) is 9.59 Å². The molecule has 7 heteroatoms. The Bertz CT molecular complexity index is 697. The summed E-state index contributed by atoms with van der Waals surface area (Å²) in [5.74, 6) is -0.556. The van der Waals surface area contributed by atoms with Gasteiger partial charge in [-0.1, -0.05) is 23.9 Å². The van der Waals surface area contributed by atoms with Gasteiger partial charge in [0.25, 0.3) is 0 Å². The third-order valence-electron chi connectivity index (χ3n) is 2.90. The van der Waals surface area contributed by atoms with E-state index in [1.165, 1.54) is 30.2 Å². The summed E-state index contributed by atoms with van der Waals surface area (Å²) in [6.07, 6.45) is 0.00187. The molecule has 1 heterocycles. The van der Waals surface area contributed by atoms with Crippen LogP contribution < -0.4 is 0 Å². The molecular weight excluding hydrogens is 322 g/mol. The van der Waals surface area contributed by atoms with Crippen molar-refractivity contribution in [2.45, 2.75) is 23.4 Å². The highest BCUT2D eigenvalue weighted by atomic mass is 32.2. The quantitative estimate of drug-likeness (QED) is 0.644. The first-order valence-electron chi connectivity index (χ1n) is 6.47. The van der Waals surface area contributed by atoms with E-state index in [4.69, 9.17) is 9.84 Å². The fourth-order valence-corrected chi connectivity index (χ4v) is 3.98. The third-order valence-corrected chi connectivity index (χ3v) is 5.27. The molecule has 0 unspecified atom stereocenters. The minimum atomic E-state index is -0.853. The van der Waals surface area contributed by atoms with Gasteiger partial charge in [0, 0.05) is 10.6 Å². The van der Waals surface area contributed by atoms with Gasteiger partial charge >= 0.3 is 11.9 Å². The van der Waals surface area contributed by atoms with Crippen LogP contribution in [0, 0.1) is 6.92 Å². The number of hydrogen-bond donors (Lipinski definition) is 1. The van der Waals surface area contributed by atoms with Crippen LogP contribution in [0.3, 0.4) is 0 Å². The SMILES string of the molecule is COC(=O)c1cccc(CSc2nc(C)c(CC(=O)O)s2)c1. The fourth-order valence-electron chi connectivity index (χ4n) is 1.82. The van der Waals surface area contributed by atoms with Crippen molar-refractivity contribution >= 4 is 35.0 Å². The zero-order valence-electron chi connectivity index (χ0n) is 12.2. The molecular formula is C15H15NO4S2. The molecule has 1 aromatic heterocycles. The number of carbonyl (C=O) groups is 2. The van der Waals surface area contributed by atoms with Crippen LogP contribution in [-0.2, 0) is 21.7 Å². The number of hydrogen-bond acceptors (Lipinski definition) is 6. The Morgan fingerprint density at radius 3 is 2.86 bits per heavy atom. The number of ether oxygens (including phenoxy) is 1. The molecule has 1 aromatic carbocycles. The second-order valence-corrected chi connectivity index (χ2v) is 6.85. The van der Waals surface area contributed by atoms with Gasteiger partial charge in [0.2, 0.25) is 0 Å². The maximum atomic E-state index is 11.5. The molecule has 1 N–H and O–H groups in total. The van der Waals surface area contributed by atoms with Gasteiger partial charge in [-0.05, 0) is 24.6 Å². The second-order valence-electron chi connectivity index (χ2n) is 4.54. The number of thiazole rings is 1. The zero-order valence-corrected chi connectivity index (χ0v) is 13.8. The highest BCUT2D eigenvalue weighted by molar-refractivity contribution is 8.00. The van der Waals surface area contributed by atoms with Gasteiger partial charge in [-0.15, -0.1) is 11.3 Å². The Morgan fingerprint density at radius 2 is 2.18 bits per heavy atom. The lowest BCUT2D eigenvalue weighted by atomic mass is 10.1. The van der Waals surface area contributed by atoms with Crippen molar-refractivity contribution in [1.29, 1.82) is 0 Å². The molecule has 0 bridgehead atoms. The number of esters is 1. The Hall–Kier alpha value is -1.86. The molecule has 0 atom stereocenters. The Balaban J connectivity index is 2.04. The van der Waals surface area contributed by atoms with Crippen LogP contribution >= 0.6 is 23.1 Å². The van der Waals surface area contributed by atoms with E-state index in [2.05, 4.69) is 4.98 Å². The van der Waals surface area contributed by atoms with Crippen LogP contribution in [0.1, 0.15) is 26.5 Å². The molecule has 0 aliphatic heterocycles. The summed E-state index contributed by atoms with van der Waals surface area (Å²) in [5.41, 5.74) is 2.27. The van der Waals surface area contributed by atoms with Crippen LogP contribution in [0.15, 0.2) is 28.6 Å². The van der Waals surface area contributed by atoms with Gasteiger partial charge in [-0.2, -0.15) is 0 Å². The molecule has 5 nitrogen and oxygen atoms in total. The van der Waals surface area contributed by atoms with Gasteiger partial charge in [-0.25, -0.2) is 9.78 Å². The van der Waals surface area contributed by atoms with Gasteiger partial charge in [0.1, 0.15) is 0 Å². The van der Waals surface area contributed by atoms with Crippen molar-refractivity contribution in [3.63, 3.8) is 0 Å². The number of carboxylic acids is 1. The molecule has 0 aliphatic carbocycles. The molecule has 0 radical (unpaired) electrons. The number of aryl methyl sites for hydroxylation is 1. The number of rotatable bonds is 6. The van der Waals surface area contributed by atoms with E-state index in [1.54, 1.807) is 12.1 Å². The summed E-state index contributed by atoms with van der Waals surface area (Å²) in [7, 11) is 1.35. The molecule has 0 saturated carbocycles. The van der Waals surface area contributed by atoms with Crippen molar-refractivity contribution in [3.8, 4) is 0 Å². The van der Waals surface area contributed by atoms with Crippen LogP contribution in [-0.4, -0.2) is 29.1 Å². The Morgan fingerprint density at radius 1 is 1.41 bits per heavy atom. The molecule has 2 rings (SSSR count). The highest BCUT2D eigenvalue weighted by Crippen LogP contribution is 2.30. The van der Waals surface area contributed by atoms with E-state index >= 15 is 0 Å². The number of carbonyl (C=O) groups excluding carboxylic acids is 1. The van der Waals surface area contributed by atoms with Gasteiger partial charge in [0.15, 0.2) is 4.34 Å². The maximum absolute atomic E-state index is 11.5. The number of benzene rings is 1. The van der Waals surface area contributed by atoms with E-state index < -0.39 is 5.97 Å². The fraction of sp³-hybridized carbons (Fsp3) is 0.267. The van der Waals surface area contributed by atoms with E-state index in [0.717, 1.165) is 20.5 Å². The summed E-state index contributed by atoms with van der Waals surface area (Å²) < 4.78 is 5.53. The maximum Gasteiger partial charge on any atom is 0.337 e. The van der Waals surface area contributed by atoms with E-state index in [1.807, 2.05) is 19.1 Å². The predicted molar refractivity (Wildman–Crippen MR) is 85.5 cm³/mol. The summed E-state index contributed by atoms with van der Waals surface area (Å²) in [4.78, 5) is 27.4. The summed E-state index contributed by atoms with van der Waals surface area (Å²) in [5, 5.41) is 8.84. The Kier molecular flexibility index (Phi) is 5.57. The van der Waals surface area contributed by atoms with Crippen molar-refractivity contribution in [3.05, 3.63) is 46.0 Å². The van der Waals surface area contributed by atoms with Crippen molar-refractivity contribution in [2.24, 2.45) is 0 Å². The van der Waals surface area contributed by atoms with E-state index in [0.29, 0.717) is 11.3 Å². The molecule has 0 spiro atoms. The average Bonchev–Trinajstić information content (AvgIpc) is 2.84. The largest absolute Gasteiger partial charge is 0.481 e. The monoisotopic (exact) mass is 337 g/mol. The normalized spacial score (nSPS) is 10.5. The van der Waals surface area contributed by atoms with Gasteiger partial charge in [-0.3, -0.25) is 4.79 Å². The minimum absolute atomic E-state index is 0.00187. The molecule has 0 fully saturated rings. The lowest BCUT2D eigenvalue weighted by molar-refractivity contribution is -0.136. The lowest BCUT2D eigenvalue weighted by Gasteiger charge is -2.02. The lowest BCUT2D eigenvalue weighted by Crippen LogP contribution is -2.01. The molecule has 2 aromatic rings. The second kappa shape index (κ2) is 7.42. The number of methoxy groups -OCH3 is 1. The van der Waals surface area contributed by atoms with E-state index in [-0.39, 0.29) is 12.4 Å². The zero-order chi connectivity index (χ0) is 16.1. The molecule has 22 heavy (non-hydrogen) atoms. The first kappa shape index (κ1) is 16.5. The number of carboxylic acid groups (broad SMARTS) is 1. The van der Waals surface area contributed by atoms with Gasteiger partial charge < -0.3 is 9.84 Å². The molecule has 116 valence electrons. The van der Waals surface area contributed by atoms with Crippen LogP contribution in [0.2, 0.25) is 0 Å². The predicted octanol–water partition coefficient (Wildman–Crippen LogP) is 3.16. The first-order chi connectivity index (χ1) is 10.5. The standard InChI is InChI=1S/C15H15NO4S2/c1-9-12(7-13(17)18)22-15(16-9)21-8-10-4-3-5-11(6-10)14(19)20-2/h3-6H,7-8H2,1-2H3,(H,17,18). The van der Waals surface area contributed by atoms with Crippen LogP contribution in [0.4, 0.5) is 0 Å². The molecule has 0 saturated heterocycles. The summed E-state index contributed by atoms with van der Waals surface area (Å²) in [6.45, 7) is 1.82. The molecule has 0 aliphatic rings. The third kappa shape index (κ3) is 4.32. The first-order valence-corrected chi connectivity index (χ1v) is 8.28. The number of thioether (sulfide) groups is 1. The minimum Gasteiger partial charge on any atom is -0.481 e. The summed E-state index contributed by atoms with van der Waals surface area (Å²) in [6, 6.07) is 7.24. The number of nitrogens with zero attached hydrogens (tertiary/aromatic N) is 1. The van der Waals surface area contributed by atoms with Crippen LogP contribution in [0.25, 0.3) is 0 Å². The number of aliphatic carboxylic acids is 1. The van der Waals surface area contributed by atoms with Crippen molar-refractivity contribution < 1.29 is 19.4 Å². The topological polar surface area (TPSA) is 76.5 Å². The van der Waals surface area contributed by atoms with Gasteiger partial charge in [0.05, 0.1) is 24.8 Å². The van der Waals surface area contributed by atoms with Crippen LogP contribution in [0.5, 0.6) is 0 Å². The highest BCUT2D eigenvalue weighted by Gasteiger charge is 2.12. The average molecular weight is 337 g/mol. The molecule has 0 amide bonds. The van der Waals surface area contributed by atoms with Crippen molar-refractivity contribution in [2.75, 3.05) is 7.11 Å². The summed E-state index contributed by atoms with van der Waals surface area (Å²) >= 11 is 2.93. The number of aromatic nitrogens is 1. The smallest absolute Gasteiger partial charge is 0.337 e. The Labute approximate surface area is 136 Å².